The molecule has 142 valence electrons. The Hall–Kier alpha value is -2.49. The second-order valence-corrected chi connectivity index (χ2v) is 5.61. The summed E-state index contributed by atoms with van der Waals surface area (Å²) in [7, 11) is 0. The monoisotopic (exact) mass is 357 g/mol. The van der Waals surface area contributed by atoms with E-state index in [1.165, 1.54) is 0 Å². The van der Waals surface area contributed by atoms with E-state index in [4.69, 9.17) is 0 Å². The largest absolute Gasteiger partial charge is 0.303 e. The van der Waals surface area contributed by atoms with Crippen molar-refractivity contribution in [1.82, 2.24) is 0 Å². The summed E-state index contributed by atoms with van der Waals surface area (Å²) in [5.41, 5.74) is 0.233. The molecule has 0 radical (unpaired) electrons. The molecule has 0 amide bonds. The predicted molar refractivity (Wildman–Crippen MR) is 109 cm³/mol. The van der Waals surface area contributed by atoms with Crippen molar-refractivity contribution < 1.29 is 9.72 Å². The normalized spacial score (nSPS) is 13.2. The zero-order valence-electron chi connectivity index (χ0n) is 15.8. The van der Waals surface area contributed by atoms with E-state index in [2.05, 4.69) is 19.1 Å². The molecule has 0 saturated heterocycles. The summed E-state index contributed by atoms with van der Waals surface area (Å²) in [6.45, 7) is 2.09. The predicted octanol–water partition coefficient (Wildman–Crippen LogP) is 6.27. The van der Waals surface area contributed by atoms with Crippen molar-refractivity contribution in [2.24, 2.45) is 0 Å². The van der Waals surface area contributed by atoms with Gasteiger partial charge < -0.3 is 4.79 Å². The topological polar surface area (TPSA) is 60.2 Å². The van der Waals surface area contributed by atoms with Gasteiger partial charge in [0.1, 0.15) is 6.29 Å². The summed E-state index contributed by atoms with van der Waals surface area (Å²) < 4.78 is 0. The Morgan fingerprint density at radius 1 is 0.769 bits per heavy atom. The van der Waals surface area contributed by atoms with Crippen LogP contribution < -0.4 is 0 Å². The highest BCUT2D eigenvalue weighted by atomic mass is 16.6. The Bertz CT molecular complexity index is 552. The molecule has 4 nitrogen and oxygen atoms in total. The molecule has 0 rings (SSSR count). The first-order chi connectivity index (χ1) is 12.7. The number of aldehydes is 1. The Kier molecular flexibility index (Phi) is 17.0. The summed E-state index contributed by atoms with van der Waals surface area (Å²) in [4.78, 5) is 20.9. The van der Waals surface area contributed by atoms with Crippen LogP contribution in [0.5, 0.6) is 0 Å². The molecule has 0 aromatic rings. The van der Waals surface area contributed by atoms with Gasteiger partial charge in [0.05, 0.1) is 11.3 Å². The fourth-order valence-corrected chi connectivity index (χ4v) is 2.00. The Labute approximate surface area is 157 Å². The second kappa shape index (κ2) is 18.8. The Balaban J connectivity index is 4.07. The summed E-state index contributed by atoms with van der Waals surface area (Å²) >= 11 is 0. The number of nitro groups is 1. The van der Waals surface area contributed by atoms with Gasteiger partial charge in [-0.05, 0) is 44.6 Å². The molecule has 0 saturated carbocycles. The molecule has 0 unspecified atom stereocenters. The van der Waals surface area contributed by atoms with Gasteiger partial charge in [-0.25, -0.2) is 0 Å². The van der Waals surface area contributed by atoms with Crippen molar-refractivity contribution >= 4 is 6.29 Å². The van der Waals surface area contributed by atoms with Gasteiger partial charge in [0.15, 0.2) is 0 Å². The van der Waals surface area contributed by atoms with Crippen LogP contribution in [-0.2, 0) is 4.79 Å². The molecule has 0 atom stereocenters. The first-order valence-corrected chi connectivity index (χ1v) is 9.24. The van der Waals surface area contributed by atoms with Gasteiger partial charge in [-0.2, -0.15) is 0 Å². The van der Waals surface area contributed by atoms with Crippen LogP contribution in [0.4, 0.5) is 0 Å². The fourth-order valence-electron chi connectivity index (χ4n) is 2.00. The summed E-state index contributed by atoms with van der Waals surface area (Å²) in [5.74, 6) is 0. The van der Waals surface area contributed by atoms with Crippen LogP contribution in [0.15, 0.2) is 72.5 Å². The van der Waals surface area contributed by atoms with Crippen molar-refractivity contribution in [3.63, 3.8) is 0 Å². The number of hydrogen-bond donors (Lipinski definition) is 0. The lowest BCUT2D eigenvalue weighted by molar-refractivity contribution is -0.427. The van der Waals surface area contributed by atoms with Crippen LogP contribution in [0.1, 0.15) is 58.3 Å². The minimum absolute atomic E-state index is 0.233. The van der Waals surface area contributed by atoms with Crippen LogP contribution in [-0.4, -0.2) is 11.2 Å². The summed E-state index contributed by atoms with van der Waals surface area (Å²) in [6, 6.07) is 0. The lowest BCUT2D eigenvalue weighted by Gasteiger charge is -1.93. The Morgan fingerprint density at radius 2 is 1.31 bits per heavy atom. The molecule has 0 aliphatic heterocycles. The number of hydrogen-bond acceptors (Lipinski definition) is 3. The average Bonchev–Trinajstić information content (AvgIpc) is 2.63. The van der Waals surface area contributed by atoms with Crippen molar-refractivity contribution in [3.05, 3.63) is 82.6 Å². The molecule has 0 aliphatic carbocycles. The first-order valence-electron chi connectivity index (χ1n) is 9.24. The molecular formula is C22H31NO3. The molecule has 0 N–H and O–H groups in total. The standard InChI is InChI=1S/C22H31NO3/c1-2-3-4-5-10-13-16-19-22(23(25)26)20-17-14-11-8-6-7-9-12-15-18-21-24/h3-4,6,8-10,12-14,17,19,21H,2,5,7,11,15-16,18,20H2,1H3/b4-3+,8-6+,12-9+,13-10+,17-14+,22-19-. The number of rotatable bonds is 15. The average molecular weight is 357 g/mol. The number of carbonyl (C=O) groups excluding carboxylic acids is 1. The highest BCUT2D eigenvalue weighted by molar-refractivity contribution is 5.49. The van der Waals surface area contributed by atoms with Crippen LogP contribution in [0.2, 0.25) is 0 Å². The maximum atomic E-state index is 11.0. The lowest BCUT2D eigenvalue weighted by atomic mass is 10.2. The maximum Gasteiger partial charge on any atom is 0.246 e. The molecule has 0 fully saturated rings. The zero-order valence-corrected chi connectivity index (χ0v) is 15.8. The fraction of sp³-hybridized carbons (Fsp3) is 0.409. The van der Waals surface area contributed by atoms with Crippen molar-refractivity contribution in [2.75, 3.05) is 0 Å². The number of nitrogens with zero attached hydrogens (tertiary/aromatic N) is 1. The van der Waals surface area contributed by atoms with Gasteiger partial charge in [-0.1, -0.05) is 67.7 Å². The quantitative estimate of drug-likeness (QED) is 0.114. The smallest absolute Gasteiger partial charge is 0.246 e. The molecule has 4 heteroatoms. The van der Waals surface area contributed by atoms with Gasteiger partial charge >= 0.3 is 0 Å². The van der Waals surface area contributed by atoms with Crippen LogP contribution in [0, 0.1) is 10.1 Å². The van der Waals surface area contributed by atoms with Crippen molar-refractivity contribution in [2.45, 2.75) is 58.3 Å². The van der Waals surface area contributed by atoms with Gasteiger partial charge in [0, 0.05) is 6.42 Å². The number of carbonyl (C=O) groups is 1. The summed E-state index contributed by atoms with van der Waals surface area (Å²) in [5, 5.41) is 11.0. The number of unbranched alkanes of at least 4 members (excludes halogenated alkanes) is 1. The van der Waals surface area contributed by atoms with Crippen LogP contribution in [0.25, 0.3) is 0 Å². The molecular weight excluding hydrogens is 326 g/mol. The molecule has 26 heavy (non-hydrogen) atoms. The van der Waals surface area contributed by atoms with E-state index in [0.717, 1.165) is 38.4 Å². The van der Waals surface area contributed by atoms with E-state index in [1.54, 1.807) is 6.08 Å². The first kappa shape index (κ1) is 23.5. The van der Waals surface area contributed by atoms with Crippen molar-refractivity contribution in [3.8, 4) is 0 Å². The third-order valence-corrected chi connectivity index (χ3v) is 3.39. The maximum absolute atomic E-state index is 11.0. The molecule has 0 aromatic carbocycles. The van der Waals surface area contributed by atoms with E-state index in [0.29, 0.717) is 19.3 Å². The SMILES string of the molecule is CC/C=C/C/C=C/C/C=C(/C/C=C/C/C=C/C/C=C/CCC=O)[N+](=O)[O-]. The molecule has 0 spiro atoms. The molecule has 0 aliphatic rings. The third kappa shape index (κ3) is 16.4. The van der Waals surface area contributed by atoms with E-state index in [1.807, 2.05) is 48.6 Å². The van der Waals surface area contributed by atoms with E-state index in [9.17, 15) is 14.9 Å². The zero-order chi connectivity index (χ0) is 19.3. The van der Waals surface area contributed by atoms with Gasteiger partial charge in [-0.15, -0.1) is 0 Å². The summed E-state index contributed by atoms with van der Waals surface area (Å²) in [6.07, 6.45) is 28.4. The molecule has 0 bridgehead atoms. The molecule has 0 heterocycles. The molecule has 0 aromatic heterocycles. The van der Waals surface area contributed by atoms with E-state index < -0.39 is 0 Å². The van der Waals surface area contributed by atoms with Crippen molar-refractivity contribution in [1.29, 1.82) is 0 Å². The minimum Gasteiger partial charge on any atom is -0.303 e. The minimum atomic E-state index is -0.310. The number of allylic oxidation sites excluding steroid dienone is 11. The Morgan fingerprint density at radius 3 is 1.88 bits per heavy atom. The van der Waals surface area contributed by atoms with Gasteiger partial charge in [-0.3, -0.25) is 10.1 Å². The van der Waals surface area contributed by atoms with Crippen LogP contribution >= 0.6 is 0 Å². The highest BCUT2D eigenvalue weighted by Crippen LogP contribution is 2.06. The third-order valence-electron chi connectivity index (χ3n) is 3.39. The highest BCUT2D eigenvalue weighted by Gasteiger charge is 2.06. The lowest BCUT2D eigenvalue weighted by Crippen LogP contribution is -1.97. The van der Waals surface area contributed by atoms with E-state index in [-0.39, 0.29) is 10.6 Å². The van der Waals surface area contributed by atoms with Gasteiger partial charge in [0.2, 0.25) is 5.70 Å². The van der Waals surface area contributed by atoms with Crippen LogP contribution in [0.3, 0.4) is 0 Å². The second-order valence-electron chi connectivity index (χ2n) is 5.61. The van der Waals surface area contributed by atoms with E-state index >= 15 is 0 Å². The van der Waals surface area contributed by atoms with Gasteiger partial charge in [0.25, 0.3) is 0 Å².